The minimum atomic E-state index is -1.11. The van der Waals surface area contributed by atoms with E-state index in [1.165, 1.54) is 10.9 Å². The van der Waals surface area contributed by atoms with Gasteiger partial charge in [0.25, 0.3) is 5.91 Å². The van der Waals surface area contributed by atoms with E-state index in [1.54, 1.807) is 24.1 Å². The maximum absolute atomic E-state index is 12.6. The van der Waals surface area contributed by atoms with Gasteiger partial charge in [-0.1, -0.05) is 11.3 Å². The fraction of sp³-hybridized carbons (Fsp3) is 0.375. The molecule has 126 valence electrons. The monoisotopic (exact) mass is 330 g/mol. The Morgan fingerprint density at radius 3 is 2.83 bits per heavy atom. The zero-order chi connectivity index (χ0) is 17.3. The molecule has 0 bridgehead atoms. The van der Waals surface area contributed by atoms with Gasteiger partial charge in [-0.3, -0.25) is 4.79 Å². The Morgan fingerprint density at radius 1 is 1.38 bits per heavy atom. The van der Waals surface area contributed by atoms with Crippen molar-refractivity contribution in [3.8, 4) is 5.75 Å². The van der Waals surface area contributed by atoms with E-state index in [9.17, 15) is 9.59 Å². The minimum Gasteiger partial charge on any atom is -0.496 e. The highest BCUT2D eigenvalue weighted by molar-refractivity contribution is 5.95. The fourth-order valence-electron chi connectivity index (χ4n) is 2.83. The molecule has 1 aliphatic heterocycles. The molecule has 0 spiro atoms. The standard InChI is InChI=1S/C16H18N4O4/c1-10-3-4-11(7-14(10)24-2)15(21)19-6-5-12(8-19)20-9-13(16(22)23)17-18-20/h3-4,7,9,12H,5-6,8H2,1-2H3,(H,22,23). The van der Waals surface area contributed by atoms with E-state index in [2.05, 4.69) is 10.3 Å². The zero-order valence-electron chi connectivity index (χ0n) is 13.5. The maximum atomic E-state index is 12.6. The molecule has 1 N–H and O–H groups in total. The van der Waals surface area contributed by atoms with E-state index < -0.39 is 5.97 Å². The van der Waals surface area contributed by atoms with Gasteiger partial charge in [0.05, 0.1) is 19.3 Å². The van der Waals surface area contributed by atoms with Crippen LogP contribution in [0.1, 0.15) is 38.9 Å². The second-order valence-electron chi connectivity index (χ2n) is 5.77. The van der Waals surface area contributed by atoms with Gasteiger partial charge in [-0.15, -0.1) is 5.10 Å². The number of hydrogen-bond donors (Lipinski definition) is 1. The van der Waals surface area contributed by atoms with Crippen LogP contribution < -0.4 is 4.74 Å². The van der Waals surface area contributed by atoms with Gasteiger partial charge in [0, 0.05) is 18.7 Å². The van der Waals surface area contributed by atoms with Crippen molar-refractivity contribution in [2.75, 3.05) is 20.2 Å². The summed E-state index contributed by atoms with van der Waals surface area (Å²) in [7, 11) is 1.58. The third kappa shape index (κ3) is 2.94. The molecule has 1 amide bonds. The average molecular weight is 330 g/mol. The molecule has 0 saturated carbocycles. The Hall–Kier alpha value is -2.90. The normalized spacial score (nSPS) is 17.1. The molecule has 1 fully saturated rings. The van der Waals surface area contributed by atoms with Gasteiger partial charge < -0.3 is 14.7 Å². The number of likely N-dealkylation sites (tertiary alicyclic amines) is 1. The topological polar surface area (TPSA) is 97.5 Å². The van der Waals surface area contributed by atoms with E-state index in [1.807, 2.05) is 13.0 Å². The molecule has 3 rings (SSSR count). The van der Waals surface area contributed by atoms with Crippen LogP contribution in [0.15, 0.2) is 24.4 Å². The van der Waals surface area contributed by atoms with Gasteiger partial charge in [0.2, 0.25) is 0 Å². The van der Waals surface area contributed by atoms with Crippen LogP contribution >= 0.6 is 0 Å². The second-order valence-corrected chi connectivity index (χ2v) is 5.77. The average Bonchev–Trinajstić information content (AvgIpc) is 3.23. The number of carboxylic acid groups (broad SMARTS) is 1. The lowest BCUT2D eigenvalue weighted by Crippen LogP contribution is -2.29. The predicted octanol–water partition coefficient (Wildman–Crippen LogP) is 1.38. The molecule has 1 aromatic carbocycles. The van der Waals surface area contributed by atoms with Crippen molar-refractivity contribution in [3.63, 3.8) is 0 Å². The number of nitrogens with zero attached hydrogens (tertiary/aromatic N) is 4. The molecule has 8 nitrogen and oxygen atoms in total. The van der Waals surface area contributed by atoms with Crippen molar-refractivity contribution in [1.82, 2.24) is 19.9 Å². The zero-order valence-corrected chi connectivity index (χ0v) is 13.5. The van der Waals surface area contributed by atoms with Crippen molar-refractivity contribution < 1.29 is 19.4 Å². The first-order valence-electron chi connectivity index (χ1n) is 7.58. The summed E-state index contributed by atoms with van der Waals surface area (Å²) in [5.41, 5.74) is 1.45. The summed E-state index contributed by atoms with van der Waals surface area (Å²) >= 11 is 0. The van der Waals surface area contributed by atoms with Crippen molar-refractivity contribution in [3.05, 3.63) is 41.2 Å². The van der Waals surface area contributed by atoms with Gasteiger partial charge in [0.1, 0.15) is 5.75 Å². The lowest BCUT2D eigenvalue weighted by atomic mass is 10.1. The van der Waals surface area contributed by atoms with E-state index >= 15 is 0 Å². The van der Waals surface area contributed by atoms with Crippen LogP contribution in [-0.2, 0) is 0 Å². The van der Waals surface area contributed by atoms with E-state index in [0.717, 1.165) is 5.56 Å². The molecule has 0 aliphatic carbocycles. The number of rotatable bonds is 4. The van der Waals surface area contributed by atoms with Gasteiger partial charge in [0.15, 0.2) is 5.69 Å². The molecule has 2 heterocycles. The largest absolute Gasteiger partial charge is 0.496 e. The number of benzene rings is 1. The lowest BCUT2D eigenvalue weighted by Gasteiger charge is -2.17. The predicted molar refractivity (Wildman–Crippen MR) is 84.3 cm³/mol. The third-order valence-electron chi connectivity index (χ3n) is 4.21. The molecular weight excluding hydrogens is 312 g/mol. The first-order valence-corrected chi connectivity index (χ1v) is 7.58. The smallest absolute Gasteiger partial charge is 0.358 e. The molecular formula is C16H18N4O4. The van der Waals surface area contributed by atoms with Gasteiger partial charge in [-0.2, -0.15) is 0 Å². The van der Waals surface area contributed by atoms with Crippen LogP contribution in [0.2, 0.25) is 0 Å². The Bertz CT molecular complexity index is 786. The number of aryl methyl sites for hydroxylation is 1. The van der Waals surface area contributed by atoms with E-state index in [4.69, 9.17) is 9.84 Å². The van der Waals surface area contributed by atoms with Gasteiger partial charge in [-0.25, -0.2) is 9.48 Å². The van der Waals surface area contributed by atoms with Crippen molar-refractivity contribution in [1.29, 1.82) is 0 Å². The van der Waals surface area contributed by atoms with Crippen LogP contribution in [0, 0.1) is 6.92 Å². The summed E-state index contributed by atoms with van der Waals surface area (Å²) in [6.07, 6.45) is 2.10. The van der Waals surface area contributed by atoms with Crippen LogP contribution in [0.25, 0.3) is 0 Å². The molecule has 24 heavy (non-hydrogen) atoms. The Labute approximate surface area is 138 Å². The Kier molecular flexibility index (Phi) is 4.20. The third-order valence-corrected chi connectivity index (χ3v) is 4.21. The number of carbonyl (C=O) groups excluding carboxylic acids is 1. The molecule has 1 unspecified atom stereocenters. The summed E-state index contributed by atoms with van der Waals surface area (Å²) in [5.74, 6) is -0.507. The van der Waals surface area contributed by atoms with E-state index in [0.29, 0.717) is 30.8 Å². The van der Waals surface area contributed by atoms with Crippen LogP contribution in [0.5, 0.6) is 5.75 Å². The number of methoxy groups -OCH3 is 1. The van der Waals surface area contributed by atoms with Crippen molar-refractivity contribution >= 4 is 11.9 Å². The lowest BCUT2D eigenvalue weighted by molar-refractivity contribution is 0.0689. The van der Waals surface area contributed by atoms with Crippen molar-refractivity contribution in [2.24, 2.45) is 0 Å². The SMILES string of the molecule is COc1cc(C(=O)N2CCC(n3cc(C(=O)O)nn3)C2)ccc1C. The summed E-state index contributed by atoms with van der Waals surface area (Å²) in [5, 5.41) is 16.4. The van der Waals surface area contributed by atoms with Crippen LogP contribution in [0.4, 0.5) is 0 Å². The quantitative estimate of drug-likeness (QED) is 0.909. The highest BCUT2D eigenvalue weighted by Crippen LogP contribution is 2.25. The van der Waals surface area contributed by atoms with Crippen molar-refractivity contribution in [2.45, 2.75) is 19.4 Å². The molecule has 1 aromatic heterocycles. The highest BCUT2D eigenvalue weighted by Gasteiger charge is 2.29. The molecule has 1 aliphatic rings. The number of carbonyl (C=O) groups is 2. The molecule has 1 saturated heterocycles. The van der Waals surface area contributed by atoms with E-state index in [-0.39, 0.29) is 17.6 Å². The van der Waals surface area contributed by atoms with Gasteiger partial charge >= 0.3 is 5.97 Å². The fourth-order valence-corrected chi connectivity index (χ4v) is 2.83. The summed E-state index contributed by atoms with van der Waals surface area (Å²) in [6.45, 7) is 2.98. The van der Waals surface area contributed by atoms with Crippen LogP contribution in [-0.4, -0.2) is 57.1 Å². The summed E-state index contributed by atoms with van der Waals surface area (Å²) in [6, 6.07) is 5.31. The minimum absolute atomic E-state index is 0.0677. The molecule has 2 aromatic rings. The maximum Gasteiger partial charge on any atom is 0.358 e. The Morgan fingerprint density at radius 2 is 2.17 bits per heavy atom. The number of carboxylic acids is 1. The first kappa shape index (κ1) is 16.0. The number of aromatic carboxylic acids is 1. The molecule has 1 atom stereocenters. The Balaban J connectivity index is 1.72. The number of ether oxygens (including phenoxy) is 1. The summed E-state index contributed by atoms with van der Waals surface area (Å²) in [4.78, 5) is 25.3. The molecule has 8 heteroatoms. The number of aromatic nitrogens is 3. The molecule has 0 radical (unpaired) electrons. The van der Waals surface area contributed by atoms with Gasteiger partial charge in [-0.05, 0) is 31.0 Å². The highest BCUT2D eigenvalue weighted by atomic mass is 16.5. The first-order chi connectivity index (χ1) is 11.5. The summed E-state index contributed by atoms with van der Waals surface area (Å²) < 4.78 is 6.79. The number of amides is 1. The van der Waals surface area contributed by atoms with Crippen LogP contribution in [0.3, 0.4) is 0 Å². The second kappa shape index (κ2) is 6.31. The number of hydrogen-bond acceptors (Lipinski definition) is 5.